The minimum Gasteiger partial charge on any atom is -0.478 e. The normalized spacial score (nSPS) is 11.4. The molecule has 0 amide bonds. The van der Waals surface area contributed by atoms with Crippen LogP contribution in [0.4, 0.5) is 5.82 Å². The molecule has 4 rings (SSSR count). The van der Waals surface area contributed by atoms with E-state index in [1.165, 1.54) is 6.33 Å². The molecule has 0 radical (unpaired) electrons. The van der Waals surface area contributed by atoms with Gasteiger partial charge < -0.3 is 15.0 Å². The van der Waals surface area contributed by atoms with Crippen molar-refractivity contribution in [3.05, 3.63) is 70.1 Å². The van der Waals surface area contributed by atoms with E-state index in [-0.39, 0.29) is 0 Å². The number of aryl methyl sites for hydroxylation is 1. The number of nitrogens with zero attached hydrogens (tertiary/aromatic N) is 3. The first kappa shape index (κ1) is 25.4. The maximum atomic E-state index is 11.7. The van der Waals surface area contributed by atoms with Crippen LogP contribution >= 0.6 is 35.0 Å². The summed E-state index contributed by atoms with van der Waals surface area (Å²) in [7, 11) is 0. The van der Waals surface area contributed by atoms with Crippen LogP contribution in [0.2, 0.25) is 10.0 Å². The molecule has 0 saturated heterocycles. The van der Waals surface area contributed by atoms with Gasteiger partial charge in [-0.3, -0.25) is 0 Å². The van der Waals surface area contributed by atoms with Crippen LogP contribution in [-0.2, 0) is 6.54 Å². The molecule has 9 heteroatoms. The summed E-state index contributed by atoms with van der Waals surface area (Å²) < 4.78 is 2.14. The highest BCUT2D eigenvalue weighted by Crippen LogP contribution is 2.33. The van der Waals surface area contributed by atoms with E-state index >= 15 is 0 Å². The Hall–Kier alpha value is -2.74. The van der Waals surface area contributed by atoms with E-state index < -0.39 is 5.97 Å². The average Bonchev–Trinajstić information content (AvgIpc) is 3.17. The molecule has 4 aromatic rings. The number of halogens is 2. The lowest BCUT2D eigenvalue weighted by molar-refractivity contribution is 0.0693. The number of rotatable bonds is 9. The van der Waals surface area contributed by atoms with Gasteiger partial charge in [-0.2, -0.15) is 0 Å². The third-order valence-corrected chi connectivity index (χ3v) is 7.67. The van der Waals surface area contributed by atoms with E-state index in [4.69, 9.17) is 23.2 Å². The Morgan fingerprint density at radius 2 is 1.89 bits per heavy atom. The number of carboxylic acids is 1. The van der Waals surface area contributed by atoms with Gasteiger partial charge in [-0.05, 0) is 43.2 Å². The Bertz CT molecular complexity index is 1390. The van der Waals surface area contributed by atoms with Crippen LogP contribution in [0.3, 0.4) is 0 Å². The van der Waals surface area contributed by atoms with Crippen molar-refractivity contribution in [3.63, 3.8) is 0 Å². The fourth-order valence-corrected chi connectivity index (χ4v) is 5.37. The van der Waals surface area contributed by atoms with Crippen molar-refractivity contribution >= 4 is 57.7 Å². The van der Waals surface area contributed by atoms with Crippen molar-refractivity contribution in [2.45, 2.75) is 32.2 Å². The van der Waals surface area contributed by atoms with E-state index in [9.17, 15) is 9.90 Å². The molecule has 35 heavy (non-hydrogen) atoms. The maximum Gasteiger partial charge on any atom is 0.336 e. The summed E-state index contributed by atoms with van der Waals surface area (Å²) in [6, 6.07) is 12.9. The predicted molar refractivity (Wildman–Crippen MR) is 145 cm³/mol. The highest BCUT2D eigenvalue weighted by atomic mass is 35.5. The van der Waals surface area contributed by atoms with Gasteiger partial charge in [0.25, 0.3) is 0 Å². The molecule has 0 spiro atoms. The van der Waals surface area contributed by atoms with Crippen LogP contribution in [0.5, 0.6) is 0 Å². The smallest absolute Gasteiger partial charge is 0.336 e. The van der Waals surface area contributed by atoms with Crippen molar-refractivity contribution in [2.75, 3.05) is 17.6 Å². The Morgan fingerprint density at radius 1 is 1.11 bits per heavy atom. The number of carboxylic acid groups (broad SMARTS) is 1. The van der Waals surface area contributed by atoms with Crippen LogP contribution in [-0.4, -0.2) is 37.9 Å². The number of aromatic carboxylic acids is 1. The topological polar surface area (TPSA) is 80.0 Å². The summed E-state index contributed by atoms with van der Waals surface area (Å²) in [5, 5.41) is 15.2. The molecule has 2 N–H and O–H groups in total. The largest absolute Gasteiger partial charge is 0.478 e. The Labute approximate surface area is 218 Å². The van der Waals surface area contributed by atoms with Crippen molar-refractivity contribution < 1.29 is 9.90 Å². The zero-order chi connectivity index (χ0) is 25.1. The summed E-state index contributed by atoms with van der Waals surface area (Å²) in [6.45, 7) is 7.56. The zero-order valence-electron chi connectivity index (χ0n) is 19.7. The lowest BCUT2D eigenvalue weighted by Crippen LogP contribution is -2.12. The van der Waals surface area contributed by atoms with Crippen LogP contribution < -0.4 is 5.32 Å². The van der Waals surface area contributed by atoms with Gasteiger partial charge in [0, 0.05) is 46.4 Å². The van der Waals surface area contributed by atoms with E-state index in [0.717, 1.165) is 38.5 Å². The Kier molecular flexibility index (Phi) is 7.89. The third-order valence-electron chi connectivity index (χ3n) is 5.55. The molecule has 2 heterocycles. The first-order chi connectivity index (χ1) is 16.7. The standard InChI is InChI=1S/C26H26Cl2N4O2S/c1-15(2)13-35-23-11-17(4-5-18(23)26(33)34)22-12-24(31-14-30-22)29-8-9-32-16(3)10-19-20(27)6-7-21(28)25(19)32/h4-7,10-12,14-15H,8-9,13H2,1-3H3,(H,33,34)(H,29,30,31). The number of nitrogens with one attached hydrogen (secondary N) is 1. The van der Waals surface area contributed by atoms with Gasteiger partial charge in [0.1, 0.15) is 12.1 Å². The van der Waals surface area contributed by atoms with E-state index in [1.807, 2.05) is 37.3 Å². The lowest BCUT2D eigenvalue weighted by Gasteiger charge is -2.12. The number of anilines is 1. The van der Waals surface area contributed by atoms with Crippen LogP contribution in [0.1, 0.15) is 29.9 Å². The number of aromatic nitrogens is 3. The predicted octanol–water partition coefficient (Wildman–Crippen LogP) is 7.27. The first-order valence-electron chi connectivity index (χ1n) is 11.2. The lowest BCUT2D eigenvalue weighted by atomic mass is 10.1. The maximum absolute atomic E-state index is 11.7. The third kappa shape index (κ3) is 5.74. The van der Waals surface area contributed by atoms with Gasteiger partial charge in [0.2, 0.25) is 0 Å². The highest BCUT2D eigenvalue weighted by Gasteiger charge is 2.14. The molecule has 6 nitrogen and oxygen atoms in total. The Balaban J connectivity index is 1.52. The first-order valence-corrected chi connectivity index (χ1v) is 13.0. The minimum absolute atomic E-state index is 0.305. The van der Waals surface area contributed by atoms with Crippen molar-refractivity contribution in [3.8, 4) is 11.3 Å². The van der Waals surface area contributed by atoms with E-state index in [1.54, 1.807) is 23.9 Å². The van der Waals surface area contributed by atoms with Crippen LogP contribution in [0, 0.1) is 12.8 Å². The van der Waals surface area contributed by atoms with E-state index in [0.29, 0.717) is 40.4 Å². The number of hydrogen-bond donors (Lipinski definition) is 2. The van der Waals surface area contributed by atoms with Crippen molar-refractivity contribution in [1.29, 1.82) is 0 Å². The number of fused-ring (bicyclic) bond motifs is 1. The molecule has 2 aromatic carbocycles. The molecule has 0 aliphatic rings. The Morgan fingerprint density at radius 3 is 2.63 bits per heavy atom. The minimum atomic E-state index is -0.929. The second kappa shape index (κ2) is 10.9. The van der Waals surface area contributed by atoms with Gasteiger partial charge in [-0.15, -0.1) is 11.8 Å². The van der Waals surface area contributed by atoms with Crippen molar-refractivity contribution in [1.82, 2.24) is 14.5 Å². The monoisotopic (exact) mass is 528 g/mol. The van der Waals surface area contributed by atoms with E-state index in [2.05, 4.69) is 33.7 Å². The quantitative estimate of drug-likeness (QED) is 0.222. The van der Waals surface area contributed by atoms with Gasteiger partial charge in [0.05, 0.1) is 26.8 Å². The SMILES string of the molecule is Cc1cc2c(Cl)ccc(Cl)c2n1CCNc1cc(-c2ccc(C(=O)O)c(SCC(C)C)c2)ncn1. The summed E-state index contributed by atoms with van der Waals surface area (Å²) in [6.07, 6.45) is 1.51. The van der Waals surface area contributed by atoms with Gasteiger partial charge in [0.15, 0.2) is 0 Å². The molecule has 0 saturated carbocycles. The summed E-state index contributed by atoms with van der Waals surface area (Å²) in [5.41, 5.74) is 3.88. The summed E-state index contributed by atoms with van der Waals surface area (Å²) in [5.74, 6) is 1.05. The number of benzene rings is 2. The second-order valence-electron chi connectivity index (χ2n) is 8.67. The molecule has 0 bridgehead atoms. The zero-order valence-corrected chi connectivity index (χ0v) is 22.0. The number of hydrogen-bond acceptors (Lipinski definition) is 5. The van der Waals surface area contributed by atoms with Gasteiger partial charge >= 0.3 is 5.97 Å². The molecule has 0 aliphatic heterocycles. The van der Waals surface area contributed by atoms with Crippen LogP contribution in [0.25, 0.3) is 22.2 Å². The number of thioether (sulfide) groups is 1. The molecular formula is C26H26Cl2N4O2S. The molecule has 0 unspecified atom stereocenters. The number of carbonyl (C=O) groups is 1. The van der Waals surface area contributed by atoms with Crippen LogP contribution in [0.15, 0.2) is 53.7 Å². The van der Waals surface area contributed by atoms with Gasteiger partial charge in [-0.1, -0.05) is 43.1 Å². The second-order valence-corrected chi connectivity index (χ2v) is 10.5. The van der Waals surface area contributed by atoms with Gasteiger partial charge in [-0.25, -0.2) is 14.8 Å². The average molecular weight is 529 g/mol. The molecule has 2 aromatic heterocycles. The molecule has 0 fully saturated rings. The summed E-state index contributed by atoms with van der Waals surface area (Å²) >= 11 is 14.4. The molecule has 182 valence electrons. The van der Waals surface area contributed by atoms with Crippen molar-refractivity contribution in [2.24, 2.45) is 5.92 Å². The molecular weight excluding hydrogens is 503 g/mol. The highest BCUT2D eigenvalue weighted by molar-refractivity contribution is 7.99. The molecule has 0 aliphatic carbocycles. The summed E-state index contributed by atoms with van der Waals surface area (Å²) in [4.78, 5) is 21.2. The fourth-order valence-electron chi connectivity index (χ4n) is 3.86. The fraction of sp³-hybridized carbons (Fsp3) is 0.269. The molecule has 0 atom stereocenters.